The van der Waals surface area contributed by atoms with Crippen molar-refractivity contribution in [2.24, 2.45) is 5.92 Å². The number of rotatable bonds is 7. The Balaban J connectivity index is 2.11. The molecular formula is C14H17BrCl2O. The van der Waals surface area contributed by atoms with Gasteiger partial charge in [0.05, 0.1) is 6.61 Å². The second kappa shape index (κ2) is 6.60. The summed E-state index contributed by atoms with van der Waals surface area (Å²) in [5, 5.41) is 0. The molecule has 100 valence electrons. The fraction of sp³-hybridized carbons (Fsp3) is 0.571. The van der Waals surface area contributed by atoms with Gasteiger partial charge in [-0.05, 0) is 30.4 Å². The minimum atomic E-state index is -0.307. The van der Waals surface area contributed by atoms with Gasteiger partial charge >= 0.3 is 0 Å². The van der Waals surface area contributed by atoms with E-state index in [1.807, 2.05) is 18.2 Å². The molecule has 1 nitrogen and oxygen atoms in total. The van der Waals surface area contributed by atoms with E-state index in [9.17, 15) is 0 Å². The minimum Gasteiger partial charge on any atom is -0.380 e. The number of hydrogen-bond donors (Lipinski definition) is 0. The molecule has 1 fully saturated rings. The van der Waals surface area contributed by atoms with Crippen LogP contribution in [0.15, 0.2) is 28.7 Å². The zero-order valence-corrected chi connectivity index (χ0v) is 13.3. The van der Waals surface area contributed by atoms with Gasteiger partial charge in [0.2, 0.25) is 0 Å². The minimum absolute atomic E-state index is 0.307. The highest BCUT2D eigenvalue weighted by atomic mass is 79.9. The molecule has 1 aliphatic rings. The lowest BCUT2D eigenvalue weighted by Gasteiger charge is -2.31. The Hall–Kier alpha value is 0.240. The first-order valence-corrected chi connectivity index (χ1v) is 8.03. The fourth-order valence-electron chi connectivity index (χ4n) is 1.93. The maximum atomic E-state index is 6.18. The van der Waals surface area contributed by atoms with Gasteiger partial charge in [-0.2, -0.15) is 0 Å². The summed E-state index contributed by atoms with van der Waals surface area (Å²) in [5.41, 5.74) is 0.823. The van der Waals surface area contributed by atoms with E-state index in [1.165, 1.54) is 12.8 Å². The molecule has 0 amide bonds. The summed E-state index contributed by atoms with van der Waals surface area (Å²) in [4.78, 5) is 0. The number of halogens is 3. The average Bonchev–Trinajstić information content (AvgIpc) is 3.20. The third-order valence-electron chi connectivity index (χ3n) is 3.39. The van der Waals surface area contributed by atoms with Gasteiger partial charge in [-0.25, -0.2) is 0 Å². The van der Waals surface area contributed by atoms with Gasteiger partial charge in [-0.3, -0.25) is 0 Å². The van der Waals surface area contributed by atoms with Crippen molar-refractivity contribution < 1.29 is 4.74 Å². The highest BCUT2D eigenvalue weighted by Crippen LogP contribution is 2.35. The number of hydrogen-bond acceptors (Lipinski definition) is 1. The van der Waals surface area contributed by atoms with Gasteiger partial charge in [-0.15, -0.1) is 23.2 Å². The molecule has 0 saturated heterocycles. The molecule has 1 aromatic rings. The van der Waals surface area contributed by atoms with Gasteiger partial charge in [0.25, 0.3) is 0 Å². The molecule has 18 heavy (non-hydrogen) atoms. The van der Waals surface area contributed by atoms with E-state index < -0.39 is 0 Å². The van der Waals surface area contributed by atoms with Gasteiger partial charge in [0, 0.05) is 28.3 Å². The second-order valence-electron chi connectivity index (χ2n) is 4.99. The van der Waals surface area contributed by atoms with E-state index in [1.54, 1.807) is 0 Å². The molecule has 0 aromatic heterocycles. The largest absolute Gasteiger partial charge is 0.380 e. The molecule has 0 spiro atoms. The van der Waals surface area contributed by atoms with Gasteiger partial charge in [-0.1, -0.05) is 34.1 Å². The SMILES string of the molecule is ClCC(CCl)(COCC1CC1)c1ccccc1Br. The van der Waals surface area contributed by atoms with Crippen molar-refractivity contribution in [2.45, 2.75) is 18.3 Å². The normalized spacial score (nSPS) is 15.9. The van der Waals surface area contributed by atoms with Crippen LogP contribution in [0.1, 0.15) is 18.4 Å². The third kappa shape index (κ3) is 3.41. The lowest BCUT2D eigenvalue weighted by Crippen LogP contribution is -2.36. The molecule has 0 N–H and O–H groups in total. The standard InChI is InChI=1S/C14H17BrCl2O/c15-13-4-2-1-3-12(13)14(8-16,9-17)10-18-7-11-5-6-11/h1-4,11H,5-10H2. The van der Waals surface area contributed by atoms with Crippen LogP contribution >= 0.6 is 39.1 Å². The van der Waals surface area contributed by atoms with Crippen LogP contribution < -0.4 is 0 Å². The molecule has 1 saturated carbocycles. The Morgan fingerprint density at radius 1 is 1.22 bits per heavy atom. The Morgan fingerprint density at radius 2 is 1.89 bits per heavy atom. The van der Waals surface area contributed by atoms with Crippen LogP contribution in [0.25, 0.3) is 0 Å². The van der Waals surface area contributed by atoms with Gasteiger partial charge in [0.15, 0.2) is 0 Å². The molecule has 0 radical (unpaired) electrons. The van der Waals surface area contributed by atoms with Gasteiger partial charge in [0.1, 0.15) is 0 Å². The van der Waals surface area contributed by atoms with Crippen molar-refractivity contribution in [3.8, 4) is 0 Å². The quantitative estimate of drug-likeness (QED) is 0.653. The van der Waals surface area contributed by atoms with E-state index in [0.29, 0.717) is 18.4 Å². The van der Waals surface area contributed by atoms with E-state index in [-0.39, 0.29) is 5.41 Å². The highest BCUT2D eigenvalue weighted by molar-refractivity contribution is 9.10. The average molecular weight is 352 g/mol. The second-order valence-corrected chi connectivity index (χ2v) is 6.37. The van der Waals surface area contributed by atoms with Crippen molar-refractivity contribution in [3.63, 3.8) is 0 Å². The lowest BCUT2D eigenvalue weighted by atomic mass is 9.85. The first kappa shape index (κ1) is 14.6. The summed E-state index contributed by atoms with van der Waals surface area (Å²) < 4.78 is 6.87. The van der Waals surface area contributed by atoms with Crippen LogP contribution in [0.5, 0.6) is 0 Å². The van der Waals surface area contributed by atoms with Crippen molar-refractivity contribution in [2.75, 3.05) is 25.0 Å². The summed E-state index contributed by atoms with van der Waals surface area (Å²) in [6.45, 7) is 1.42. The zero-order chi connectivity index (χ0) is 13.0. The Morgan fingerprint density at radius 3 is 2.44 bits per heavy atom. The summed E-state index contributed by atoms with van der Waals surface area (Å²) in [5.74, 6) is 1.68. The molecule has 0 heterocycles. The molecule has 1 aliphatic carbocycles. The molecule has 0 unspecified atom stereocenters. The number of benzene rings is 1. The van der Waals surface area contributed by atoms with Crippen LogP contribution in [-0.2, 0) is 10.2 Å². The highest BCUT2D eigenvalue weighted by Gasteiger charge is 2.33. The van der Waals surface area contributed by atoms with E-state index >= 15 is 0 Å². The fourth-order valence-corrected chi connectivity index (χ4v) is 3.36. The third-order valence-corrected chi connectivity index (χ3v) is 5.10. The summed E-state index contributed by atoms with van der Waals surface area (Å²) in [7, 11) is 0. The molecule has 1 aromatic carbocycles. The molecule has 0 atom stereocenters. The molecule has 4 heteroatoms. The van der Waals surface area contributed by atoms with Crippen molar-refractivity contribution in [1.29, 1.82) is 0 Å². The van der Waals surface area contributed by atoms with Crippen molar-refractivity contribution >= 4 is 39.1 Å². The van der Waals surface area contributed by atoms with E-state index in [0.717, 1.165) is 22.6 Å². The molecule has 0 bridgehead atoms. The lowest BCUT2D eigenvalue weighted by molar-refractivity contribution is 0.0887. The Labute approximate surface area is 127 Å². The van der Waals surface area contributed by atoms with E-state index in [4.69, 9.17) is 27.9 Å². The van der Waals surface area contributed by atoms with Crippen LogP contribution in [-0.4, -0.2) is 25.0 Å². The van der Waals surface area contributed by atoms with Crippen LogP contribution in [0.2, 0.25) is 0 Å². The smallest absolute Gasteiger partial charge is 0.0586 e. The summed E-state index contributed by atoms with van der Waals surface area (Å²) in [6.07, 6.45) is 2.59. The first-order valence-electron chi connectivity index (χ1n) is 6.16. The molecule has 2 rings (SSSR count). The van der Waals surface area contributed by atoms with Gasteiger partial charge < -0.3 is 4.74 Å². The number of ether oxygens (including phenoxy) is 1. The van der Waals surface area contributed by atoms with Crippen molar-refractivity contribution in [1.82, 2.24) is 0 Å². The summed E-state index contributed by atoms with van der Waals surface area (Å²) in [6, 6.07) is 8.08. The molecular weight excluding hydrogens is 335 g/mol. The first-order chi connectivity index (χ1) is 8.72. The summed E-state index contributed by atoms with van der Waals surface area (Å²) >= 11 is 15.9. The maximum absolute atomic E-state index is 6.18. The predicted molar refractivity (Wildman–Crippen MR) is 80.8 cm³/mol. The van der Waals surface area contributed by atoms with Crippen LogP contribution in [0.4, 0.5) is 0 Å². The van der Waals surface area contributed by atoms with Crippen LogP contribution in [0.3, 0.4) is 0 Å². The monoisotopic (exact) mass is 350 g/mol. The Bertz CT molecular complexity index is 389. The predicted octanol–water partition coefficient (Wildman–Crippen LogP) is 4.59. The van der Waals surface area contributed by atoms with Crippen molar-refractivity contribution in [3.05, 3.63) is 34.3 Å². The molecule has 0 aliphatic heterocycles. The zero-order valence-electron chi connectivity index (χ0n) is 10.2. The number of alkyl halides is 2. The van der Waals surface area contributed by atoms with E-state index in [2.05, 4.69) is 22.0 Å². The Kier molecular flexibility index (Phi) is 5.37. The van der Waals surface area contributed by atoms with Crippen LogP contribution in [0, 0.1) is 5.92 Å². The maximum Gasteiger partial charge on any atom is 0.0586 e. The topological polar surface area (TPSA) is 9.23 Å².